The Morgan fingerprint density at radius 2 is 1.79 bits per heavy atom. The molecule has 4 rings (SSSR count). The zero-order valence-electron chi connectivity index (χ0n) is 13.0. The van der Waals surface area contributed by atoms with Gasteiger partial charge in [0.15, 0.2) is 0 Å². The van der Waals surface area contributed by atoms with Gasteiger partial charge in [0.2, 0.25) is 5.95 Å². The zero-order chi connectivity index (χ0) is 16.5. The molecular formula is C19H18BrN3O. The number of imidazole rings is 1. The lowest BCUT2D eigenvalue weighted by Crippen LogP contribution is -2.38. The number of nitrogens with zero attached hydrogens (tertiary/aromatic N) is 2. The van der Waals surface area contributed by atoms with Crippen LogP contribution in [0.2, 0.25) is 0 Å². The minimum atomic E-state index is 0.00951. The van der Waals surface area contributed by atoms with Gasteiger partial charge >= 0.3 is 0 Å². The normalized spacial score (nSPS) is 22.7. The first-order valence-corrected chi connectivity index (χ1v) is 8.78. The monoisotopic (exact) mass is 383 g/mol. The fraction of sp³-hybridized carbons (Fsp3) is 0.211. The summed E-state index contributed by atoms with van der Waals surface area (Å²) < 4.78 is 3.16. The van der Waals surface area contributed by atoms with Crippen LogP contribution in [-0.4, -0.2) is 21.3 Å². The van der Waals surface area contributed by atoms with Crippen LogP contribution in [0.15, 0.2) is 71.5 Å². The van der Waals surface area contributed by atoms with Crippen LogP contribution in [0, 0.1) is 5.92 Å². The van der Waals surface area contributed by atoms with Crippen LogP contribution in [0.4, 0.5) is 5.95 Å². The fourth-order valence-corrected chi connectivity index (χ4v) is 3.81. The quantitative estimate of drug-likeness (QED) is 0.718. The van der Waals surface area contributed by atoms with Crippen LogP contribution in [0.3, 0.4) is 0 Å². The Bertz CT molecular complexity index is 816. The molecule has 0 spiro atoms. The third kappa shape index (κ3) is 2.64. The highest BCUT2D eigenvalue weighted by atomic mass is 79.9. The first kappa shape index (κ1) is 15.4. The van der Waals surface area contributed by atoms with E-state index in [0.29, 0.717) is 0 Å². The van der Waals surface area contributed by atoms with Crippen molar-refractivity contribution in [2.75, 3.05) is 11.9 Å². The largest absolute Gasteiger partial charge is 0.396 e. The van der Waals surface area contributed by atoms with Gasteiger partial charge in [0.1, 0.15) is 0 Å². The van der Waals surface area contributed by atoms with Gasteiger partial charge in [-0.3, -0.25) is 0 Å². The second-order valence-electron chi connectivity index (χ2n) is 6.03. The topological polar surface area (TPSA) is 50.1 Å². The molecule has 1 aromatic heterocycles. The molecule has 3 aromatic rings. The van der Waals surface area contributed by atoms with Crippen LogP contribution >= 0.6 is 15.9 Å². The first-order valence-electron chi connectivity index (χ1n) is 7.98. The molecule has 0 fully saturated rings. The van der Waals surface area contributed by atoms with Crippen molar-refractivity contribution in [3.05, 3.63) is 82.6 Å². The number of hydrogen-bond acceptors (Lipinski definition) is 3. The van der Waals surface area contributed by atoms with Gasteiger partial charge in [-0.25, -0.2) is 4.98 Å². The van der Waals surface area contributed by atoms with E-state index in [0.717, 1.165) is 16.0 Å². The Hall–Kier alpha value is -2.11. The molecule has 0 amide bonds. The van der Waals surface area contributed by atoms with E-state index in [9.17, 15) is 5.11 Å². The van der Waals surface area contributed by atoms with Gasteiger partial charge in [-0.15, -0.1) is 0 Å². The Morgan fingerprint density at radius 1 is 1.04 bits per heavy atom. The second-order valence-corrected chi connectivity index (χ2v) is 6.95. The van der Waals surface area contributed by atoms with E-state index < -0.39 is 0 Å². The van der Waals surface area contributed by atoms with Gasteiger partial charge in [-0.2, -0.15) is 0 Å². The van der Waals surface area contributed by atoms with E-state index in [-0.39, 0.29) is 24.6 Å². The van der Waals surface area contributed by atoms with Crippen molar-refractivity contribution in [3.8, 4) is 0 Å². The molecule has 4 nitrogen and oxygen atoms in total. The predicted octanol–water partition coefficient (Wildman–Crippen LogP) is 4.01. The van der Waals surface area contributed by atoms with Gasteiger partial charge in [0.05, 0.1) is 18.7 Å². The SMILES string of the molecule is OC[C@@H]1[C@@H](c2ccc(Br)cc2)n2ccnc2N[C@H]1c1ccccc1. The molecule has 0 saturated carbocycles. The molecule has 0 bridgehead atoms. The fourth-order valence-electron chi connectivity index (χ4n) is 3.55. The van der Waals surface area contributed by atoms with Crippen LogP contribution in [-0.2, 0) is 0 Å². The highest BCUT2D eigenvalue weighted by Crippen LogP contribution is 2.42. The standard InChI is InChI=1S/C19H18BrN3O/c20-15-8-6-14(7-9-15)18-16(12-24)17(13-4-2-1-3-5-13)22-19-21-10-11-23(18)19/h1-11,16-18,24H,12H2,(H,21,22)/t16-,17-,18+/m0/s1. The molecule has 5 heteroatoms. The summed E-state index contributed by atoms with van der Waals surface area (Å²) in [4.78, 5) is 4.46. The molecule has 3 atom stereocenters. The second kappa shape index (κ2) is 6.42. The molecule has 0 aliphatic carbocycles. The maximum Gasteiger partial charge on any atom is 0.203 e. The van der Waals surface area contributed by atoms with Crippen molar-refractivity contribution in [2.24, 2.45) is 5.92 Å². The Morgan fingerprint density at radius 3 is 2.50 bits per heavy atom. The minimum Gasteiger partial charge on any atom is -0.396 e. The van der Waals surface area contributed by atoms with Gasteiger partial charge in [0, 0.05) is 22.8 Å². The lowest BCUT2D eigenvalue weighted by Gasteiger charge is -2.40. The summed E-state index contributed by atoms with van der Waals surface area (Å²) in [6, 6.07) is 18.6. The zero-order valence-corrected chi connectivity index (χ0v) is 14.6. The van der Waals surface area contributed by atoms with E-state index in [1.165, 1.54) is 5.56 Å². The minimum absolute atomic E-state index is 0.00951. The molecule has 24 heavy (non-hydrogen) atoms. The summed E-state index contributed by atoms with van der Waals surface area (Å²) in [6.07, 6.45) is 3.77. The van der Waals surface area contributed by atoms with Crippen molar-refractivity contribution in [1.82, 2.24) is 9.55 Å². The number of hydrogen-bond donors (Lipinski definition) is 2. The van der Waals surface area contributed by atoms with Crippen LogP contribution in [0.25, 0.3) is 0 Å². The third-order valence-corrected chi connectivity index (χ3v) is 5.20. The summed E-state index contributed by atoms with van der Waals surface area (Å²) in [6.45, 7) is 0.0882. The predicted molar refractivity (Wildman–Crippen MR) is 97.9 cm³/mol. The van der Waals surface area contributed by atoms with Gasteiger partial charge < -0.3 is 15.0 Å². The number of halogens is 1. The molecule has 0 saturated heterocycles. The molecular weight excluding hydrogens is 366 g/mol. The van der Waals surface area contributed by atoms with Gasteiger partial charge in [0.25, 0.3) is 0 Å². The number of aromatic nitrogens is 2. The van der Waals surface area contributed by atoms with Gasteiger partial charge in [-0.1, -0.05) is 58.4 Å². The molecule has 0 radical (unpaired) electrons. The van der Waals surface area contributed by atoms with Crippen molar-refractivity contribution >= 4 is 21.9 Å². The lowest BCUT2D eigenvalue weighted by atomic mass is 9.82. The molecule has 1 aliphatic heterocycles. The Balaban J connectivity index is 1.82. The Labute approximate surface area is 149 Å². The number of benzene rings is 2. The molecule has 0 unspecified atom stereocenters. The average molecular weight is 384 g/mol. The summed E-state index contributed by atoms with van der Waals surface area (Å²) in [7, 11) is 0. The van der Waals surface area contributed by atoms with Crippen LogP contribution < -0.4 is 5.32 Å². The number of fused-ring (bicyclic) bond motifs is 1. The molecule has 1 aliphatic rings. The lowest BCUT2D eigenvalue weighted by molar-refractivity contribution is 0.166. The van der Waals surface area contributed by atoms with E-state index in [4.69, 9.17) is 0 Å². The number of aliphatic hydroxyl groups excluding tert-OH is 1. The maximum atomic E-state index is 10.2. The number of nitrogens with one attached hydrogen (secondary N) is 1. The van der Waals surface area contributed by atoms with E-state index in [2.05, 4.69) is 55.1 Å². The smallest absolute Gasteiger partial charge is 0.203 e. The van der Waals surface area contributed by atoms with Crippen LogP contribution in [0.5, 0.6) is 0 Å². The first-order chi connectivity index (χ1) is 11.8. The summed E-state index contributed by atoms with van der Waals surface area (Å²) in [5.41, 5.74) is 2.33. The highest BCUT2D eigenvalue weighted by Gasteiger charge is 2.38. The average Bonchev–Trinajstić information content (AvgIpc) is 3.10. The maximum absolute atomic E-state index is 10.2. The summed E-state index contributed by atoms with van der Waals surface area (Å²) in [5, 5.41) is 13.7. The number of rotatable bonds is 3. The van der Waals surface area contributed by atoms with Gasteiger partial charge in [-0.05, 0) is 23.3 Å². The van der Waals surface area contributed by atoms with Crippen LogP contribution in [0.1, 0.15) is 23.2 Å². The van der Waals surface area contributed by atoms with Crippen molar-refractivity contribution in [3.63, 3.8) is 0 Å². The van der Waals surface area contributed by atoms with Crippen molar-refractivity contribution < 1.29 is 5.11 Å². The summed E-state index contributed by atoms with van der Waals surface area (Å²) >= 11 is 3.49. The van der Waals surface area contributed by atoms with E-state index in [1.54, 1.807) is 6.20 Å². The van der Waals surface area contributed by atoms with E-state index in [1.807, 2.05) is 36.5 Å². The molecule has 2 N–H and O–H groups in total. The number of aliphatic hydroxyl groups is 1. The molecule has 122 valence electrons. The Kier molecular flexibility index (Phi) is 4.12. The van der Waals surface area contributed by atoms with E-state index >= 15 is 0 Å². The summed E-state index contributed by atoms with van der Waals surface area (Å²) in [5.74, 6) is 0.844. The van der Waals surface area contributed by atoms with Crippen molar-refractivity contribution in [2.45, 2.75) is 12.1 Å². The number of anilines is 1. The van der Waals surface area contributed by atoms with Crippen molar-refractivity contribution in [1.29, 1.82) is 0 Å². The highest BCUT2D eigenvalue weighted by molar-refractivity contribution is 9.10. The third-order valence-electron chi connectivity index (χ3n) is 4.67. The molecule has 2 aromatic carbocycles. The molecule has 2 heterocycles.